The normalized spacial score (nSPS) is 18.7. The second-order valence-corrected chi connectivity index (χ2v) is 6.66. The van der Waals surface area contributed by atoms with Crippen LogP contribution in [0, 0.1) is 0 Å². The molecule has 0 aliphatic carbocycles. The van der Waals surface area contributed by atoms with Crippen molar-refractivity contribution in [3.05, 3.63) is 45.7 Å². The van der Waals surface area contributed by atoms with Crippen LogP contribution in [0.15, 0.2) is 34.6 Å². The maximum absolute atomic E-state index is 12.7. The molecule has 4 heterocycles. The van der Waals surface area contributed by atoms with Gasteiger partial charge >= 0.3 is 0 Å². The van der Waals surface area contributed by atoms with Gasteiger partial charge in [0, 0.05) is 19.8 Å². The molecule has 2 aliphatic rings. The molecule has 4 rings (SSSR count). The van der Waals surface area contributed by atoms with Gasteiger partial charge in [-0.1, -0.05) is 23.2 Å². The highest BCUT2D eigenvalue weighted by atomic mass is 35.5. The Balaban J connectivity index is 1.83. The predicted octanol–water partition coefficient (Wildman–Crippen LogP) is 2.32. The molecule has 8 nitrogen and oxygen atoms in total. The van der Waals surface area contributed by atoms with Crippen molar-refractivity contribution in [1.29, 1.82) is 0 Å². The van der Waals surface area contributed by atoms with E-state index in [2.05, 4.69) is 20.2 Å². The minimum atomic E-state index is -0.378. The van der Waals surface area contributed by atoms with Crippen molar-refractivity contribution >= 4 is 58.1 Å². The SMILES string of the molecule is CCN1C(=O)/C(=N\N=C2/C(=O)N(C)c3ncc(Cl)cc32)c2ccc(Cl)nc21. The molecule has 0 N–H and O–H groups in total. The number of aromatic nitrogens is 2. The van der Waals surface area contributed by atoms with Gasteiger partial charge < -0.3 is 0 Å². The quantitative estimate of drug-likeness (QED) is 0.569. The smallest absolute Gasteiger partial charge is 0.280 e. The largest absolute Gasteiger partial charge is 0.294 e. The number of hydrogen-bond acceptors (Lipinski definition) is 6. The van der Waals surface area contributed by atoms with Gasteiger partial charge in [0.05, 0.1) is 16.1 Å². The van der Waals surface area contributed by atoms with Crippen LogP contribution in [-0.4, -0.2) is 46.8 Å². The molecule has 0 bridgehead atoms. The lowest BCUT2D eigenvalue weighted by molar-refractivity contribution is -0.113. The Bertz CT molecular complexity index is 1070. The van der Waals surface area contributed by atoms with Crippen molar-refractivity contribution < 1.29 is 9.59 Å². The van der Waals surface area contributed by atoms with E-state index in [-0.39, 0.29) is 28.4 Å². The fourth-order valence-electron chi connectivity index (χ4n) is 2.99. The van der Waals surface area contributed by atoms with E-state index in [1.807, 2.05) is 6.92 Å². The molecule has 0 unspecified atom stereocenters. The lowest BCUT2D eigenvalue weighted by Gasteiger charge is -2.11. The molecular formula is C17H12Cl2N6O2. The summed E-state index contributed by atoms with van der Waals surface area (Å²) in [6.45, 7) is 2.22. The Hall–Kier alpha value is -2.84. The number of hydrogen-bond donors (Lipinski definition) is 0. The van der Waals surface area contributed by atoms with Gasteiger partial charge in [-0.05, 0) is 25.1 Å². The van der Waals surface area contributed by atoms with Gasteiger partial charge in [-0.15, -0.1) is 10.2 Å². The third-order valence-electron chi connectivity index (χ3n) is 4.28. The van der Waals surface area contributed by atoms with E-state index in [0.717, 1.165) is 0 Å². The van der Waals surface area contributed by atoms with Crippen molar-refractivity contribution in [3.8, 4) is 0 Å². The summed E-state index contributed by atoms with van der Waals surface area (Å²) in [6, 6.07) is 4.82. The minimum absolute atomic E-state index is 0.0706. The lowest BCUT2D eigenvalue weighted by Crippen LogP contribution is -2.30. The zero-order valence-corrected chi connectivity index (χ0v) is 15.8. The predicted molar refractivity (Wildman–Crippen MR) is 103 cm³/mol. The van der Waals surface area contributed by atoms with Gasteiger partial charge in [-0.25, -0.2) is 9.97 Å². The maximum atomic E-state index is 12.7. The van der Waals surface area contributed by atoms with Crippen LogP contribution in [0.1, 0.15) is 18.1 Å². The summed E-state index contributed by atoms with van der Waals surface area (Å²) >= 11 is 11.9. The van der Waals surface area contributed by atoms with E-state index in [0.29, 0.717) is 34.3 Å². The van der Waals surface area contributed by atoms with Gasteiger partial charge in [-0.2, -0.15) is 0 Å². The second-order valence-electron chi connectivity index (χ2n) is 5.84. The Labute approximate surface area is 164 Å². The summed E-state index contributed by atoms with van der Waals surface area (Å²) in [5, 5.41) is 8.79. The van der Waals surface area contributed by atoms with E-state index >= 15 is 0 Å². The third kappa shape index (κ3) is 2.68. The first-order chi connectivity index (χ1) is 12.9. The molecule has 2 aromatic rings. The lowest BCUT2D eigenvalue weighted by atomic mass is 10.2. The molecule has 27 heavy (non-hydrogen) atoms. The first-order valence-corrected chi connectivity index (χ1v) is 8.76. The molecule has 0 spiro atoms. The first-order valence-electron chi connectivity index (χ1n) is 8.00. The Morgan fingerprint density at radius 3 is 2.44 bits per heavy atom. The molecular weight excluding hydrogens is 391 g/mol. The molecule has 10 heteroatoms. The van der Waals surface area contributed by atoms with Crippen molar-refractivity contribution in [2.24, 2.45) is 10.2 Å². The molecule has 0 aromatic carbocycles. The van der Waals surface area contributed by atoms with Crippen molar-refractivity contribution in [1.82, 2.24) is 9.97 Å². The number of fused-ring (bicyclic) bond motifs is 2. The number of carbonyl (C=O) groups is 2. The van der Waals surface area contributed by atoms with E-state index in [9.17, 15) is 9.59 Å². The van der Waals surface area contributed by atoms with Crippen LogP contribution >= 0.6 is 23.2 Å². The molecule has 0 radical (unpaired) electrons. The average Bonchev–Trinajstić information content (AvgIpc) is 3.03. The van der Waals surface area contributed by atoms with E-state index in [1.165, 1.54) is 16.0 Å². The summed E-state index contributed by atoms with van der Waals surface area (Å²) in [6.07, 6.45) is 1.45. The number of carbonyl (C=O) groups excluding carboxylic acids is 2. The summed E-state index contributed by atoms with van der Waals surface area (Å²) in [4.78, 5) is 36.3. The van der Waals surface area contributed by atoms with E-state index in [4.69, 9.17) is 23.2 Å². The highest BCUT2D eigenvalue weighted by Gasteiger charge is 2.36. The van der Waals surface area contributed by atoms with Crippen LogP contribution in [0.5, 0.6) is 0 Å². The average molecular weight is 403 g/mol. The van der Waals surface area contributed by atoms with Gasteiger partial charge in [0.15, 0.2) is 11.4 Å². The topological polar surface area (TPSA) is 91.1 Å². The van der Waals surface area contributed by atoms with Crippen LogP contribution in [0.3, 0.4) is 0 Å². The molecule has 136 valence electrons. The number of rotatable bonds is 2. The van der Waals surface area contributed by atoms with Crippen molar-refractivity contribution in [3.63, 3.8) is 0 Å². The highest BCUT2D eigenvalue weighted by Crippen LogP contribution is 2.30. The number of anilines is 2. The number of halogens is 2. The summed E-state index contributed by atoms with van der Waals surface area (Å²) in [5.74, 6) is 0.130. The molecule has 2 aromatic heterocycles. The Kier molecular flexibility index (Phi) is 4.16. The molecule has 2 amide bonds. The second kappa shape index (κ2) is 6.40. The number of likely N-dealkylation sites (N-methyl/N-ethyl adjacent to an activating group) is 2. The molecule has 0 saturated carbocycles. The fraction of sp³-hybridized carbons (Fsp3) is 0.176. The van der Waals surface area contributed by atoms with Crippen molar-refractivity contribution in [2.75, 3.05) is 23.4 Å². The van der Waals surface area contributed by atoms with Crippen LogP contribution in [0.25, 0.3) is 0 Å². The van der Waals surface area contributed by atoms with Crippen LogP contribution in [0.4, 0.5) is 11.6 Å². The number of amides is 2. The minimum Gasteiger partial charge on any atom is -0.294 e. The fourth-order valence-corrected chi connectivity index (χ4v) is 3.29. The summed E-state index contributed by atoms with van der Waals surface area (Å²) in [7, 11) is 1.58. The maximum Gasteiger partial charge on any atom is 0.280 e. The standard InChI is InChI=1S/C17H12Cl2N6O2/c1-3-25-15-9(4-5-11(19)21-15)12(17(25)27)22-23-13-10-6-8(18)7-20-14(10)24(2)16(13)26/h4-7H,3H2,1-2H3/b22-12-,23-13-. The van der Waals surface area contributed by atoms with Gasteiger partial charge in [0.1, 0.15) is 16.8 Å². The Morgan fingerprint density at radius 2 is 1.74 bits per heavy atom. The zero-order valence-electron chi connectivity index (χ0n) is 14.3. The van der Waals surface area contributed by atoms with Crippen molar-refractivity contribution in [2.45, 2.75) is 6.92 Å². The number of nitrogens with zero attached hydrogens (tertiary/aromatic N) is 6. The van der Waals surface area contributed by atoms with E-state index < -0.39 is 0 Å². The number of pyridine rings is 2. The highest BCUT2D eigenvalue weighted by molar-refractivity contribution is 6.56. The Morgan fingerprint density at radius 1 is 1.04 bits per heavy atom. The van der Waals surface area contributed by atoms with Crippen LogP contribution in [0.2, 0.25) is 10.2 Å². The molecule has 0 saturated heterocycles. The van der Waals surface area contributed by atoms with Crippen LogP contribution in [-0.2, 0) is 9.59 Å². The monoisotopic (exact) mass is 402 g/mol. The first kappa shape index (κ1) is 17.6. The van der Waals surface area contributed by atoms with Gasteiger partial charge in [0.2, 0.25) is 0 Å². The van der Waals surface area contributed by atoms with Crippen LogP contribution < -0.4 is 9.80 Å². The molecule has 2 aliphatic heterocycles. The van der Waals surface area contributed by atoms with Gasteiger partial charge in [0.25, 0.3) is 11.8 Å². The summed E-state index contributed by atoms with van der Waals surface area (Å²) in [5.41, 5.74) is 1.15. The molecule has 0 atom stereocenters. The third-order valence-corrected chi connectivity index (χ3v) is 4.70. The van der Waals surface area contributed by atoms with E-state index in [1.54, 1.807) is 25.2 Å². The zero-order chi connectivity index (χ0) is 19.3. The molecule has 0 fully saturated rings. The summed E-state index contributed by atoms with van der Waals surface area (Å²) < 4.78 is 0. The van der Waals surface area contributed by atoms with Gasteiger partial charge in [-0.3, -0.25) is 19.4 Å².